The molecule has 1 aromatic carbocycles. The van der Waals surface area contributed by atoms with Crippen molar-refractivity contribution in [3.63, 3.8) is 0 Å². The lowest BCUT2D eigenvalue weighted by molar-refractivity contribution is -0.155. The molecule has 1 saturated heterocycles. The molecule has 2 heterocycles. The fourth-order valence-electron chi connectivity index (χ4n) is 6.79. The topological polar surface area (TPSA) is 70.4 Å². The van der Waals surface area contributed by atoms with Crippen LogP contribution in [0.2, 0.25) is 18.1 Å². The Balaban J connectivity index is 1.70. The molecule has 4 unspecified atom stereocenters. The third kappa shape index (κ3) is 7.29. The predicted octanol–water partition coefficient (Wildman–Crippen LogP) is 8.96. The SMILES string of the molecule is Cc1nc2cc([C@@H]3CC4CC4CCCC(C)[C@H](C)C(C)C(=O)C(C)(C)[C@@H](O[Si](C)(C)C(C)(C)C)CC(=O)O3)ccc2n1C. The molecule has 6 nitrogen and oxygen atoms in total. The molecular weight excluding hydrogens is 552 g/mol. The number of carbonyl (C=O) groups excluding carboxylic acids is 2. The molecule has 2 aromatic rings. The highest BCUT2D eigenvalue weighted by atomic mass is 28.4. The number of imidazole rings is 1. The van der Waals surface area contributed by atoms with Crippen molar-refractivity contribution >= 4 is 31.1 Å². The Hall–Kier alpha value is -1.99. The van der Waals surface area contributed by atoms with Crippen LogP contribution in [0.15, 0.2) is 18.2 Å². The van der Waals surface area contributed by atoms with Crippen molar-refractivity contribution in [3.05, 3.63) is 29.6 Å². The molecule has 4 rings (SSSR count). The van der Waals surface area contributed by atoms with Gasteiger partial charge in [0, 0.05) is 18.4 Å². The monoisotopic (exact) mass is 610 g/mol. The average molecular weight is 611 g/mol. The van der Waals surface area contributed by atoms with Gasteiger partial charge in [0.15, 0.2) is 8.32 Å². The minimum Gasteiger partial charge on any atom is -0.457 e. The average Bonchev–Trinajstić information content (AvgIpc) is 3.59. The highest BCUT2D eigenvalue weighted by Crippen LogP contribution is 2.49. The number of fused-ring (bicyclic) bond motifs is 2. The van der Waals surface area contributed by atoms with Gasteiger partial charge in [-0.05, 0) is 79.3 Å². The number of aromatic nitrogens is 2. The summed E-state index contributed by atoms with van der Waals surface area (Å²) in [5.74, 6) is 2.72. The quantitative estimate of drug-likeness (QED) is 0.256. The number of Topliss-reactive ketones (excluding diaryl/α,β-unsaturated/α-hetero) is 1. The molecule has 43 heavy (non-hydrogen) atoms. The van der Waals surface area contributed by atoms with E-state index in [9.17, 15) is 9.59 Å². The van der Waals surface area contributed by atoms with Crippen LogP contribution in [0.25, 0.3) is 11.0 Å². The number of ketones is 1. The van der Waals surface area contributed by atoms with Crippen molar-refractivity contribution in [2.75, 3.05) is 0 Å². The molecule has 240 valence electrons. The highest BCUT2D eigenvalue weighted by Gasteiger charge is 2.48. The Bertz CT molecular complexity index is 1320. The standard InChI is InChI=1S/C36H58N2O4Si/c1-22-14-13-15-26-18-28(26)20-31(27-16-17-30-29(19-27)37-25(4)38(30)10)41-33(39)21-32(42-43(11,12)35(5,6)7)36(8,9)34(40)24(3)23(22)2/h16-17,19,22-24,26,28,31-32H,13-15,18,20-21H2,1-12H3/t22?,23-,24?,26?,28?,31-,32-/m0/s1. The van der Waals surface area contributed by atoms with Crippen molar-refractivity contribution in [1.82, 2.24) is 9.55 Å². The number of aryl methyl sites for hydroxylation is 2. The zero-order chi connectivity index (χ0) is 32.1. The van der Waals surface area contributed by atoms with Gasteiger partial charge in [0.2, 0.25) is 0 Å². The summed E-state index contributed by atoms with van der Waals surface area (Å²) in [6.45, 7) is 23.6. The number of nitrogens with zero attached hydrogens (tertiary/aromatic N) is 2. The third-order valence-corrected chi connectivity index (χ3v) is 16.2. The molecule has 2 aliphatic rings. The number of cyclic esters (lactones) is 1. The number of hydrogen-bond donors (Lipinski definition) is 0. The van der Waals surface area contributed by atoms with E-state index in [0.717, 1.165) is 35.3 Å². The van der Waals surface area contributed by atoms with Crippen LogP contribution < -0.4 is 0 Å². The molecule has 0 N–H and O–H groups in total. The molecule has 1 aliphatic heterocycles. The third-order valence-electron chi connectivity index (χ3n) is 11.7. The van der Waals surface area contributed by atoms with Gasteiger partial charge in [-0.1, -0.05) is 80.7 Å². The van der Waals surface area contributed by atoms with E-state index in [1.54, 1.807) is 0 Å². The zero-order valence-electron chi connectivity index (χ0n) is 29.0. The van der Waals surface area contributed by atoms with Gasteiger partial charge in [-0.2, -0.15) is 0 Å². The second-order valence-corrected chi connectivity index (χ2v) is 20.9. The number of carbonyl (C=O) groups is 2. The first-order chi connectivity index (χ1) is 19.8. The van der Waals surface area contributed by atoms with Crippen LogP contribution in [0.5, 0.6) is 0 Å². The van der Waals surface area contributed by atoms with Gasteiger partial charge in [0.05, 0.1) is 23.6 Å². The first kappa shape index (κ1) is 33.9. The molecule has 1 aromatic heterocycles. The Labute approximate surface area is 261 Å². The van der Waals surface area contributed by atoms with Gasteiger partial charge in [-0.15, -0.1) is 0 Å². The number of hydrogen-bond acceptors (Lipinski definition) is 5. The summed E-state index contributed by atoms with van der Waals surface area (Å²) < 4.78 is 15.4. The van der Waals surface area contributed by atoms with E-state index in [0.29, 0.717) is 17.8 Å². The first-order valence-corrected chi connectivity index (χ1v) is 19.6. The van der Waals surface area contributed by atoms with Gasteiger partial charge >= 0.3 is 5.97 Å². The number of ether oxygens (including phenoxy) is 1. The van der Waals surface area contributed by atoms with E-state index in [1.165, 1.54) is 19.3 Å². The molecule has 7 atom stereocenters. The van der Waals surface area contributed by atoms with E-state index in [1.807, 2.05) is 27.8 Å². The van der Waals surface area contributed by atoms with Crippen molar-refractivity contribution in [3.8, 4) is 0 Å². The van der Waals surface area contributed by atoms with Gasteiger partial charge in [0.25, 0.3) is 0 Å². The lowest BCUT2D eigenvalue weighted by Gasteiger charge is -2.44. The van der Waals surface area contributed by atoms with Crippen molar-refractivity contribution in [2.24, 2.45) is 42.1 Å². The van der Waals surface area contributed by atoms with Crippen LogP contribution in [0.4, 0.5) is 0 Å². The molecule has 0 spiro atoms. The van der Waals surface area contributed by atoms with Gasteiger partial charge in [-0.3, -0.25) is 9.59 Å². The van der Waals surface area contributed by atoms with Crippen LogP contribution in [-0.4, -0.2) is 35.7 Å². The lowest BCUT2D eigenvalue weighted by Crippen LogP contribution is -2.52. The fraction of sp³-hybridized carbons (Fsp3) is 0.750. The molecule has 7 heteroatoms. The normalized spacial score (nSPS) is 31.5. The van der Waals surface area contributed by atoms with Crippen LogP contribution in [0.3, 0.4) is 0 Å². The molecule has 1 saturated carbocycles. The van der Waals surface area contributed by atoms with E-state index in [-0.39, 0.29) is 41.2 Å². The number of esters is 1. The van der Waals surface area contributed by atoms with Gasteiger partial charge < -0.3 is 13.7 Å². The first-order valence-electron chi connectivity index (χ1n) is 16.7. The van der Waals surface area contributed by atoms with Crippen molar-refractivity contribution in [2.45, 2.75) is 131 Å². The summed E-state index contributed by atoms with van der Waals surface area (Å²) in [6.07, 6.45) is 4.72. The Morgan fingerprint density at radius 3 is 2.37 bits per heavy atom. The maximum Gasteiger partial charge on any atom is 0.309 e. The number of benzene rings is 1. The summed E-state index contributed by atoms with van der Waals surface area (Å²) in [5, 5.41) is -0.0571. The lowest BCUT2D eigenvalue weighted by atomic mass is 9.70. The maximum atomic E-state index is 14.2. The van der Waals surface area contributed by atoms with Crippen molar-refractivity contribution < 1.29 is 18.8 Å². The minimum atomic E-state index is -2.31. The van der Waals surface area contributed by atoms with E-state index in [2.05, 4.69) is 77.4 Å². The smallest absolute Gasteiger partial charge is 0.309 e. The van der Waals surface area contributed by atoms with Crippen LogP contribution in [0.1, 0.15) is 111 Å². The summed E-state index contributed by atoms with van der Waals surface area (Å²) in [6, 6.07) is 6.29. The van der Waals surface area contributed by atoms with Crippen LogP contribution in [0, 0.1) is 41.9 Å². The van der Waals surface area contributed by atoms with Gasteiger partial charge in [-0.25, -0.2) is 4.98 Å². The molecule has 1 aliphatic carbocycles. The molecular formula is C36H58N2O4Si. The summed E-state index contributed by atoms with van der Waals surface area (Å²) in [7, 11) is -0.278. The Morgan fingerprint density at radius 2 is 1.72 bits per heavy atom. The second kappa shape index (κ2) is 12.4. The highest BCUT2D eigenvalue weighted by molar-refractivity contribution is 6.74. The second-order valence-electron chi connectivity index (χ2n) is 16.1. The van der Waals surface area contributed by atoms with E-state index in [4.69, 9.17) is 14.1 Å². The summed E-state index contributed by atoms with van der Waals surface area (Å²) >= 11 is 0. The van der Waals surface area contributed by atoms with Crippen molar-refractivity contribution in [1.29, 1.82) is 0 Å². The van der Waals surface area contributed by atoms with E-state index < -0.39 is 19.8 Å². The van der Waals surface area contributed by atoms with Crippen LogP contribution >= 0.6 is 0 Å². The Morgan fingerprint density at radius 1 is 1.05 bits per heavy atom. The maximum absolute atomic E-state index is 14.2. The predicted molar refractivity (Wildman–Crippen MR) is 177 cm³/mol. The zero-order valence-corrected chi connectivity index (χ0v) is 30.0. The van der Waals surface area contributed by atoms with E-state index >= 15 is 0 Å². The molecule has 0 bridgehead atoms. The Kier molecular flexibility index (Phi) is 9.79. The van der Waals surface area contributed by atoms with Gasteiger partial charge in [0.1, 0.15) is 17.7 Å². The van der Waals surface area contributed by atoms with Crippen LogP contribution in [-0.2, 0) is 25.8 Å². The molecule has 0 amide bonds. The fourth-order valence-corrected chi connectivity index (χ4v) is 8.24. The summed E-state index contributed by atoms with van der Waals surface area (Å²) in [5.41, 5.74) is 2.17. The number of rotatable bonds is 3. The molecule has 2 fully saturated rings. The largest absolute Gasteiger partial charge is 0.457 e. The molecule has 0 radical (unpaired) electrons. The minimum absolute atomic E-state index is 0.0571. The summed E-state index contributed by atoms with van der Waals surface area (Å²) in [4.78, 5) is 32.9.